The van der Waals surface area contributed by atoms with Crippen LogP contribution in [0.1, 0.15) is 65.7 Å². The van der Waals surface area contributed by atoms with Crippen molar-refractivity contribution < 1.29 is 14.7 Å². The highest BCUT2D eigenvalue weighted by molar-refractivity contribution is 8.14. The van der Waals surface area contributed by atoms with Gasteiger partial charge in [0.25, 0.3) is 0 Å². The fourth-order valence-corrected chi connectivity index (χ4v) is 3.11. The number of unbranched alkanes of at least 4 members (excludes halogenated alkanes) is 1. The highest BCUT2D eigenvalue weighted by Crippen LogP contribution is 2.25. The molecule has 0 amide bonds. The molecule has 0 saturated carbocycles. The average molecular weight is 273 g/mol. The summed E-state index contributed by atoms with van der Waals surface area (Å²) in [4.78, 5) is 22.1. The maximum absolute atomic E-state index is 11.1. The van der Waals surface area contributed by atoms with Crippen molar-refractivity contribution in [2.24, 2.45) is 5.92 Å². The number of carbonyl (C=O) groups is 2. The SMILES string of the molecule is CCCCC(CCC(CCC)SC(C)=O)C(=O)[O-]. The predicted molar refractivity (Wildman–Crippen MR) is 74.2 cm³/mol. The number of carbonyl (C=O) groups excluding carboxylic acids is 2. The van der Waals surface area contributed by atoms with E-state index in [0.29, 0.717) is 12.8 Å². The van der Waals surface area contributed by atoms with E-state index in [-0.39, 0.29) is 16.3 Å². The predicted octanol–water partition coefficient (Wildman–Crippen LogP) is 2.77. The Kier molecular flexibility index (Phi) is 10.1. The van der Waals surface area contributed by atoms with Crippen molar-refractivity contribution >= 4 is 22.8 Å². The molecule has 0 aromatic heterocycles. The van der Waals surface area contributed by atoms with Gasteiger partial charge in [0, 0.05) is 18.1 Å². The third-order valence-corrected chi connectivity index (χ3v) is 4.16. The number of thioether (sulfide) groups is 1. The van der Waals surface area contributed by atoms with Gasteiger partial charge in [0.1, 0.15) is 0 Å². The molecule has 3 nitrogen and oxygen atoms in total. The van der Waals surface area contributed by atoms with Gasteiger partial charge in [0.15, 0.2) is 5.12 Å². The van der Waals surface area contributed by atoms with E-state index in [1.807, 2.05) is 0 Å². The summed E-state index contributed by atoms with van der Waals surface area (Å²) in [5.74, 6) is -1.29. The molecule has 0 rings (SSSR count). The van der Waals surface area contributed by atoms with Gasteiger partial charge in [0.2, 0.25) is 0 Å². The second-order valence-corrected chi connectivity index (χ2v) is 6.23. The number of aliphatic carboxylic acids is 1. The first-order valence-electron chi connectivity index (χ1n) is 6.89. The second kappa shape index (κ2) is 10.4. The molecule has 0 aliphatic heterocycles. The topological polar surface area (TPSA) is 57.2 Å². The molecular weight excluding hydrogens is 248 g/mol. The van der Waals surface area contributed by atoms with Crippen LogP contribution in [0.2, 0.25) is 0 Å². The Balaban J connectivity index is 4.17. The van der Waals surface area contributed by atoms with Gasteiger partial charge in [-0.1, -0.05) is 44.9 Å². The van der Waals surface area contributed by atoms with Gasteiger partial charge in [-0.15, -0.1) is 0 Å². The van der Waals surface area contributed by atoms with E-state index >= 15 is 0 Å². The van der Waals surface area contributed by atoms with Crippen molar-refractivity contribution in [1.82, 2.24) is 0 Å². The third kappa shape index (κ3) is 8.56. The van der Waals surface area contributed by atoms with Gasteiger partial charge < -0.3 is 9.90 Å². The van der Waals surface area contributed by atoms with Crippen LogP contribution in [0.25, 0.3) is 0 Å². The van der Waals surface area contributed by atoms with Crippen LogP contribution in [0, 0.1) is 5.92 Å². The number of carboxylic acids is 1. The van der Waals surface area contributed by atoms with E-state index in [2.05, 4.69) is 13.8 Å². The first-order chi connectivity index (χ1) is 8.51. The highest BCUT2D eigenvalue weighted by Gasteiger charge is 2.15. The van der Waals surface area contributed by atoms with Crippen LogP contribution in [0.15, 0.2) is 0 Å². The molecule has 0 aliphatic rings. The fourth-order valence-electron chi connectivity index (χ4n) is 2.04. The molecule has 106 valence electrons. The molecular formula is C14H25O3S-. The van der Waals surface area contributed by atoms with Crippen LogP contribution in [-0.2, 0) is 9.59 Å². The molecule has 18 heavy (non-hydrogen) atoms. The zero-order valence-electron chi connectivity index (χ0n) is 11.7. The van der Waals surface area contributed by atoms with Crippen LogP contribution in [0.5, 0.6) is 0 Å². The van der Waals surface area contributed by atoms with Crippen LogP contribution < -0.4 is 5.11 Å². The molecule has 0 heterocycles. The van der Waals surface area contributed by atoms with E-state index in [0.717, 1.165) is 32.1 Å². The summed E-state index contributed by atoms with van der Waals surface area (Å²) in [5, 5.41) is 11.4. The van der Waals surface area contributed by atoms with Gasteiger partial charge in [-0.3, -0.25) is 4.79 Å². The molecule has 0 aromatic carbocycles. The minimum absolute atomic E-state index is 0.118. The summed E-state index contributed by atoms with van der Waals surface area (Å²) in [7, 11) is 0. The van der Waals surface area contributed by atoms with E-state index in [1.165, 1.54) is 11.8 Å². The molecule has 0 bridgehead atoms. The summed E-state index contributed by atoms with van der Waals surface area (Å²) < 4.78 is 0. The fraction of sp³-hybridized carbons (Fsp3) is 0.857. The molecule has 0 aromatic rings. The lowest BCUT2D eigenvalue weighted by atomic mass is 9.95. The molecule has 0 aliphatic carbocycles. The molecule has 0 N–H and O–H groups in total. The summed E-state index contributed by atoms with van der Waals surface area (Å²) in [6.07, 6.45) is 6.05. The zero-order chi connectivity index (χ0) is 14.0. The minimum atomic E-state index is -0.938. The normalized spacial score (nSPS) is 14.2. The third-order valence-electron chi connectivity index (χ3n) is 3.02. The smallest absolute Gasteiger partial charge is 0.186 e. The van der Waals surface area contributed by atoms with Gasteiger partial charge in [-0.05, 0) is 31.6 Å². The Bertz CT molecular complexity index is 253. The molecule has 0 spiro atoms. The van der Waals surface area contributed by atoms with Crippen molar-refractivity contribution in [3.8, 4) is 0 Å². The Hall–Kier alpha value is -0.510. The molecule has 0 fully saturated rings. The first-order valence-corrected chi connectivity index (χ1v) is 7.77. The summed E-state index contributed by atoms with van der Waals surface area (Å²) in [6.45, 7) is 5.71. The largest absolute Gasteiger partial charge is 0.550 e. The van der Waals surface area contributed by atoms with Crippen molar-refractivity contribution in [1.29, 1.82) is 0 Å². The molecule has 4 heteroatoms. The minimum Gasteiger partial charge on any atom is -0.550 e. The standard InChI is InChI=1S/C14H26O3S/c1-4-6-8-12(14(16)17)9-10-13(7-5-2)18-11(3)15/h12-13H,4-10H2,1-3H3,(H,16,17)/p-1. The summed E-state index contributed by atoms with van der Waals surface area (Å²) in [5.41, 5.74) is 0. The lowest BCUT2D eigenvalue weighted by molar-refractivity contribution is -0.312. The Labute approximate surface area is 115 Å². The number of rotatable bonds is 10. The van der Waals surface area contributed by atoms with Crippen molar-refractivity contribution in [2.75, 3.05) is 0 Å². The molecule has 2 atom stereocenters. The zero-order valence-corrected chi connectivity index (χ0v) is 12.6. The summed E-state index contributed by atoms with van der Waals surface area (Å²) >= 11 is 1.35. The lowest BCUT2D eigenvalue weighted by Crippen LogP contribution is -2.31. The lowest BCUT2D eigenvalue weighted by Gasteiger charge is -2.21. The van der Waals surface area contributed by atoms with Gasteiger partial charge in [-0.25, -0.2) is 0 Å². The first kappa shape index (κ1) is 17.5. The number of hydrogen-bond donors (Lipinski definition) is 0. The van der Waals surface area contributed by atoms with Crippen molar-refractivity contribution in [2.45, 2.75) is 71.0 Å². The van der Waals surface area contributed by atoms with Crippen LogP contribution in [-0.4, -0.2) is 16.3 Å². The number of hydrogen-bond acceptors (Lipinski definition) is 4. The molecule has 0 saturated heterocycles. The highest BCUT2D eigenvalue weighted by atomic mass is 32.2. The maximum atomic E-state index is 11.1. The van der Waals surface area contributed by atoms with Crippen molar-refractivity contribution in [3.63, 3.8) is 0 Å². The number of carboxylic acid groups (broad SMARTS) is 1. The average Bonchev–Trinajstić information content (AvgIpc) is 2.28. The summed E-state index contributed by atoms with van der Waals surface area (Å²) in [6, 6.07) is 0. The molecule has 0 radical (unpaired) electrons. The molecule has 2 unspecified atom stereocenters. The van der Waals surface area contributed by atoms with Gasteiger partial charge in [0.05, 0.1) is 0 Å². The van der Waals surface area contributed by atoms with Crippen LogP contribution in [0.4, 0.5) is 0 Å². The van der Waals surface area contributed by atoms with Gasteiger partial charge >= 0.3 is 0 Å². The van der Waals surface area contributed by atoms with E-state index in [1.54, 1.807) is 6.92 Å². The van der Waals surface area contributed by atoms with Gasteiger partial charge in [-0.2, -0.15) is 0 Å². The van der Waals surface area contributed by atoms with E-state index < -0.39 is 5.97 Å². The quantitative estimate of drug-likeness (QED) is 0.614. The van der Waals surface area contributed by atoms with Crippen molar-refractivity contribution in [3.05, 3.63) is 0 Å². The van der Waals surface area contributed by atoms with E-state index in [9.17, 15) is 14.7 Å². The Morgan fingerprint density at radius 1 is 1.06 bits per heavy atom. The second-order valence-electron chi connectivity index (χ2n) is 4.76. The Morgan fingerprint density at radius 2 is 1.72 bits per heavy atom. The van der Waals surface area contributed by atoms with Crippen LogP contribution in [0.3, 0.4) is 0 Å². The van der Waals surface area contributed by atoms with E-state index in [4.69, 9.17) is 0 Å². The maximum Gasteiger partial charge on any atom is 0.186 e. The van der Waals surface area contributed by atoms with Crippen LogP contribution >= 0.6 is 11.8 Å². The monoisotopic (exact) mass is 273 g/mol. The Morgan fingerprint density at radius 3 is 2.17 bits per heavy atom.